The van der Waals surface area contributed by atoms with Crippen molar-refractivity contribution in [2.75, 3.05) is 0 Å². The summed E-state index contributed by atoms with van der Waals surface area (Å²) in [7, 11) is 0. The molecule has 1 aromatic carbocycles. The van der Waals surface area contributed by atoms with Gasteiger partial charge >= 0.3 is 6.18 Å². The van der Waals surface area contributed by atoms with Crippen LogP contribution in [0.15, 0.2) is 24.5 Å². The lowest BCUT2D eigenvalue weighted by atomic mass is 10.0. The molecule has 21 heavy (non-hydrogen) atoms. The molecule has 0 amide bonds. The molecule has 1 atom stereocenters. The number of rotatable bonds is 1. The third-order valence-corrected chi connectivity index (χ3v) is 3.86. The third-order valence-electron chi connectivity index (χ3n) is 3.86. The first-order valence-electron chi connectivity index (χ1n) is 6.90. The second kappa shape index (κ2) is 4.87. The molecule has 0 radical (unpaired) electrons. The standard InChI is InChI=1S/C15H16F3N3/c1-9(19)14-13-4-2-3-10-7-11(15(16,17)18)5-6-12(10)21(13)8-20-14/h5-9H,2-4,19H2,1H3. The van der Waals surface area contributed by atoms with E-state index in [1.807, 2.05) is 11.5 Å². The molecular weight excluding hydrogens is 279 g/mol. The molecule has 2 N–H and O–H groups in total. The van der Waals surface area contributed by atoms with Crippen LogP contribution in [0.25, 0.3) is 5.69 Å². The summed E-state index contributed by atoms with van der Waals surface area (Å²) in [6.07, 6.45) is -0.465. The Labute approximate surface area is 120 Å². The molecule has 0 spiro atoms. The van der Waals surface area contributed by atoms with Gasteiger partial charge < -0.3 is 10.3 Å². The predicted octanol–water partition coefficient (Wildman–Crippen LogP) is 3.40. The molecule has 0 fully saturated rings. The number of nitrogens with zero attached hydrogens (tertiary/aromatic N) is 2. The summed E-state index contributed by atoms with van der Waals surface area (Å²) < 4.78 is 40.4. The number of benzene rings is 1. The van der Waals surface area contributed by atoms with Gasteiger partial charge in [-0.3, -0.25) is 0 Å². The van der Waals surface area contributed by atoms with Crippen molar-refractivity contribution in [2.45, 2.75) is 38.4 Å². The Bertz CT molecular complexity index is 671. The highest BCUT2D eigenvalue weighted by Crippen LogP contribution is 2.34. The Balaban J connectivity index is 2.13. The quantitative estimate of drug-likeness (QED) is 0.876. The highest BCUT2D eigenvalue weighted by molar-refractivity contribution is 5.47. The van der Waals surface area contributed by atoms with Crippen molar-refractivity contribution >= 4 is 0 Å². The van der Waals surface area contributed by atoms with E-state index in [0.717, 1.165) is 36.0 Å². The maximum atomic E-state index is 12.8. The molecule has 6 heteroatoms. The summed E-state index contributed by atoms with van der Waals surface area (Å²) in [5.41, 5.74) is 8.61. The lowest BCUT2D eigenvalue weighted by molar-refractivity contribution is -0.137. The summed E-state index contributed by atoms with van der Waals surface area (Å²) >= 11 is 0. The van der Waals surface area contributed by atoms with Crippen molar-refractivity contribution in [2.24, 2.45) is 5.73 Å². The number of hydrogen-bond donors (Lipinski definition) is 1. The van der Waals surface area contributed by atoms with E-state index < -0.39 is 11.7 Å². The van der Waals surface area contributed by atoms with Gasteiger partial charge in [0.25, 0.3) is 0 Å². The number of aryl methyl sites for hydroxylation is 1. The molecule has 112 valence electrons. The maximum absolute atomic E-state index is 12.8. The second-order valence-electron chi connectivity index (χ2n) is 5.43. The first-order valence-corrected chi connectivity index (χ1v) is 6.90. The summed E-state index contributed by atoms with van der Waals surface area (Å²) in [5, 5.41) is 0. The number of aromatic nitrogens is 2. The van der Waals surface area contributed by atoms with Crippen molar-refractivity contribution in [1.29, 1.82) is 0 Å². The molecule has 0 bridgehead atoms. The van der Waals surface area contributed by atoms with Crippen LogP contribution in [0, 0.1) is 0 Å². The first-order chi connectivity index (χ1) is 9.88. The minimum Gasteiger partial charge on any atom is -0.323 e. The largest absolute Gasteiger partial charge is 0.416 e. The normalized spacial score (nSPS) is 16.0. The molecule has 3 rings (SSSR count). The van der Waals surface area contributed by atoms with Gasteiger partial charge in [0.1, 0.15) is 0 Å². The summed E-state index contributed by atoms with van der Waals surface area (Å²) in [5.74, 6) is 0. The highest BCUT2D eigenvalue weighted by atomic mass is 19.4. The number of fused-ring (bicyclic) bond motifs is 3. The van der Waals surface area contributed by atoms with Crippen LogP contribution >= 0.6 is 0 Å². The van der Waals surface area contributed by atoms with Crippen LogP contribution in [0.3, 0.4) is 0 Å². The Morgan fingerprint density at radius 3 is 2.71 bits per heavy atom. The highest BCUT2D eigenvalue weighted by Gasteiger charge is 2.31. The fourth-order valence-corrected chi connectivity index (χ4v) is 2.87. The van der Waals surface area contributed by atoms with E-state index in [2.05, 4.69) is 4.98 Å². The Morgan fingerprint density at radius 1 is 1.29 bits per heavy atom. The molecule has 2 heterocycles. The molecule has 1 unspecified atom stereocenters. The van der Waals surface area contributed by atoms with Gasteiger partial charge in [-0.15, -0.1) is 0 Å². The van der Waals surface area contributed by atoms with Gasteiger partial charge in [-0.1, -0.05) is 0 Å². The van der Waals surface area contributed by atoms with E-state index in [0.29, 0.717) is 12.0 Å². The van der Waals surface area contributed by atoms with E-state index in [1.165, 1.54) is 12.1 Å². The zero-order chi connectivity index (χ0) is 15.2. The zero-order valence-corrected chi connectivity index (χ0v) is 11.6. The van der Waals surface area contributed by atoms with Gasteiger partial charge in [-0.2, -0.15) is 13.2 Å². The summed E-state index contributed by atoms with van der Waals surface area (Å²) in [6, 6.07) is 3.71. The fourth-order valence-electron chi connectivity index (χ4n) is 2.87. The van der Waals surface area contributed by atoms with Crippen molar-refractivity contribution in [3.8, 4) is 5.69 Å². The minimum absolute atomic E-state index is 0.183. The molecule has 1 aromatic heterocycles. The molecule has 3 nitrogen and oxygen atoms in total. The topological polar surface area (TPSA) is 43.8 Å². The monoisotopic (exact) mass is 295 g/mol. The van der Waals surface area contributed by atoms with Crippen molar-refractivity contribution in [3.05, 3.63) is 47.0 Å². The molecule has 0 aliphatic carbocycles. The van der Waals surface area contributed by atoms with Crippen LogP contribution in [0.1, 0.15) is 41.9 Å². The van der Waals surface area contributed by atoms with Gasteiger partial charge in [-0.05, 0) is 49.9 Å². The SMILES string of the molecule is CC(N)c1ncn2c1CCCc1cc(C(F)(F)F)ccc1-2. The van der Waals surface area contributed by atoms with Crippen LogP contribution in [0.2, 0.25) is 0 Å². The van der Waals surface area contributed by atoms with Crippen LogP contribution in [-0.2, 0) is 19.0 Å². The van der Waals surface area contributed by atoms with Crippen molar-refractivity contribution in [1.82, 2.24) is 9.55 Å². The summed E-state index contributed by atoms with van der Waals surface area (Å²) in [6.45, 7) is 1.86. The van der Waals surface area contributed by atoms with Crippen molar-refractivity contribution in [3.63, 3.8) is 0 Å². The Kier molecular flexibility index (Phi) is 3.28. The third kappa shape index (κ3) is 2.44. The number of nitrogens with two attached hydrogens (primary N) is 1. The van der Waals surface area contributed by atoms with Crippen LogP contribution < -0.4 is 5.73 Å². The van der Waals surface area contributed by atoms with E-state index in [9.17, 15) is 13.2 Å². The van der Waals surface area contributed by atoms with Crippen LogP contribution in [0.5, 0.6) is 0 Å². The predicted molar refractivity (Wildman–Crippen MR) is 73.2 cm³/mol. The molecule has 1 aliphatic heterocycles. The zero-order valence-electron chi connectivity index (χ0n) is 11.6. The number of hydrogen-bond acceptors (Lipinski definition) is 2. The average molecular weight is 295 g/mol. The van der Waals surface area contributed by atoms with E-state index in [1.54, 1.807) is 6.33 Å². The van der Waals surface area contributed by atoms with Gasteiger partial charge in [0.15, 0.2) is 0 Å². The second-order valence-corrected chi connectivity index (χ2v) is 5.43. The smallest absolute Gasteiger partial charge is 0.323 e. The van der Waals surface area contributed by atoms with E-state index in [4.69, 9.17) is 5.73 Å². The van der Waals surface area contributed by atoms with Crippen LogP contribution in [0.4, 0.5) is 13.2 Å². The number of alkyl halides is 3. The van der Waals surface area contributed by atoms with Crippen molar-refractivity contribution < 1.29 is 13.2 Å². The van der Waals surface area contributed by atoms with Gasteiger partial charge in [0, 0.05) is 17.4 Å². The molecule has 1 aliphatic rings. The number of halogens is 3. The first kappa shape index (κ1) is 14.1. The van der Waals surface area contributed by atoms with E-state index >= 15 is 0 Å². The minimum atomic E-state index is -4.31. The van der Waals surface area contributed by atoms with E-state index in [-0.39, 0.29) is 6.04 Å². The lowest BCUT2D eigenvalue weighted by Crippen LogP contribution is -2.10. The summed E-state index contributed by atoms with van der Waals surface area (Å²) in [4.78, 5) is 4.32. The average Bonchev–Trinajstić information content (AvgIpc) is 2.73. The molecule has 0 saturated heterocycles. The molecular formula is C15H16F3N3. The number of imidazole rings is 1. The maximum Gasteiger partial charge on any atom is 0.416 e. The fraction of sp³-hybridized carbons (Fsp3) is 0.400. The Hall–Kier alpha value is -1.82. The Morgan fingerprint density at radius 2 is 2.05 bits per heavy atom. The van der Waals surface area contributed by atoms with Gasteiger partial charge in [0.05, 0.1) is 17.6 Å². The molecule has 0 saturated carbocycles. The van der Waals surface area contributed by atoms with Gasteiger partial charge in [0.2, 0.25) is 0 Å². The lowest BCUT2D eigenvalue weighted by Gasteiger charge is -2.13. The van der Waals surface area contributed by atoms with Crippen LogP contribution in [-0.4, -0.2) is 9.55 Å². The molecule has 2 aromatic rings. The van der Waals surface area contributed by atoms with Gasteiger partial charge in [-0.25, -0.2) is 4.98 Å².